The lowest BCUT2D eigenvalue weighted by molar-refractivity contribution is -0.112. The fourth-order valence-electron chi connectivity index (χ4n) is 2.28. The van der Waals surface area contributed by atoms with Crippen molar-refractivity contribution in [2.24, 2.45) is 0 Å². The summed E-state index contributed by atoms with van der Waals surface area (Å²) < 4.78 is 0. The molecule has 2 aromatic carbocycles. The van der Waals surface area contributed by atoms with Crippen LogP contribution in [0.4, 0.5) is 11.5 Å². The van der Waals surface area contributed by atoms with E-state index in [1.807, 2.05) is 18.2 Å². The lowest BCUT2D eigenvalue weighted by Gasteiger charge is -2.11. The molecule has 0 spiro atoms. The van der Waals surface area contributed by atoms with Gasteiger partial charge in [-0.2, -0.15) is 0 Å². The molecule has 27 heavy (non-hydrogen) atoms. The summed E-state index contributed by atoms with van der Waals surface area (Å²) >= 11 is 5.86. The first-order valence-corrected chi connectivity index (χ1v) is 8.56. The van der Waals surface area contributed by atoms with E-state index >= 15 is 0 Å². The second-order valence-electron chi connectivity index (χ2n) is 5.59. The van der Waals surface area contributed by atoms with Crippen molar-refractivity contribution in [3.05, 3.63) is 101 Å². The number of carbonyl (C=O) groups excluding carboxylic acids is 2. The summed E-state index contributed by atoms with van der Waals surface area (Å²) in [7, 11) is 0. The standard InChI is InChI=1S/C21H16ClN3O2/c22-16-11-9-15(10-12-16)19(26)14-18(24-17-6-2-1-3-7-17)21(27)25-20-8-4-5-13-23-20/h1-14,24H,(H,23,25,27)/b18-14+. The summed E-state index contributed by atoms with van der Waals surface area (Å²) in [6, 6.07) is 20.8. The van der Waals surface area contributed by atoms with Crippen LogP contribution in [0.5, 0.6) is 0 Å². The van der Waals surface area contributed by atoms with E-state index in [1.54, 1.807) is 60.8 Å². The average Bonchev–Trinajstić information content (AvgIpc) is 2.69. The molecule has 6 heteroatoms. The SMILES string of the molecule is O=C(Nc1ccccn1)/C(=C\C(=O)c1ccc(Cl)cc1)Nc1ccccc1. The molecule has 0 saturated carbocycles. The molecule has 0 unspecified atom stereocenters. The van der Waals surface area contributed by atoms with E-state index in [4.69, 9.17) is 11.6 Å². The number of aromatic nitrogens is 1. The first-order valence-electron chi connectivity index (χ1n) is 8.18. The van der Waals surface area contributed by atoms with Gasteiger partial charge < -0.3 is 10.6 Å². The molecule has 0 aliphatic rings. The molecule has 0 atom stereocenters. The van der Waals surface area contributed by atoms with E-state index in [-0.39, 0.29) is 11.5 Å². The minimum atomic E-state index is -0.472. The molecule has 0 aliphatic heterocycles. The van der Waals surface area contributed by atoms with Gasteiger partial charge in [0.15, 0.2) is 5.78 Å². The maximum atomic E-state index is 12.7. The summed E-state index contributed by atoms with van der Waals surface area (Å²) in [5, 5.41) is 6.19. The van der Waals surface area contributed by atoms with Crippen molar-refractivity contribution < 1.29 is 9.59 Å². The minimum Gasteiger partial charge on any atom is -0.351 e. The number of nitrogens with zero attached hydrogens (tertiary/aromatic N) is 1. The molecular weight excluding hydrogens is 362 g/mol. The number of halogens is 1. The Morgan fingerprint density at radius 3 is 2.22 bits per heavy atom. The fraction of sp³-hybridized carbons (Fsp3) is 0. The minimum absolute atomic E-state index is 0.104. The van der Waals surface area contributed by atoms with Crippen LogP contribution < -0.4 is 10.6 Å². The fourth-order valence-corrected chi connectivity index (χ4v) is 2.41. The normalized spacial score (nSPS) is 10.9. The Balaban J connectivity index is 1.87. The monoisotopic (exact) mass is 377 g/mol. The number of ketones is 1. The number of allylic oxidation sites excluding steroid dienone is 1. The van der Waals surface area contributed by atoms with Crippen LogP contribution in [0.25, 0.3) is 0 Å². The number of carbonyl (C=O) groups is 2. The highest BCUT2D eigenvalue weighted by Gasteiger charge is 2.14. The van der Waals surface area contributed by atoms with Gasteiger partial charge in [-0.25, -0.2) is 4.98 Å². The van der Waals surface area contributed by atoms with Gasteiger partial charge in [-0.15, -0.1) is 0 Å². The van der Waals surface area contributed by atoms with Crippen molar-refractivity contribution in [3.8, 4) is 0 Å². The zero-order valence-corrected chi connectivity index (χ0v) is 15.0. The molecule has 3 rings (SSSR count). The Morgan fingerprint density at radius 2 is 1.56 bits per heavy atom. The zero-order valence-electron chi connectivity index (χ0n) is 14.2. The van der Waals surface area contributed by atoms with Crippen molar-refractivity contribution in [3.63, 3.8) is 0 Å². The average molecular weight is 378 g/mol. The Morgan fingerprint density at radius 1 is 0.852 bits per heavy atom. The largest absolute Gasteiger partial charge is 0.351 e. The highest BCUT2D eigenvalue weighted by atomic mass is 35.5. The quantitative estimate of drug-likeness (QED) is 0.488. The lowest BCUT2D eigenvalue weighted by atomic mass is 10.1. The van der Waals surface area contributed by atoms with Crippen LogP contribution in [0.1, 0.15) is 10.4 Å². The number of pyridine rings is 1. The maximum absolute atomic E-state index is 12.7. The van der Waals surface area contributed by atoms with Crippen molar-refractivity contribution in [1.82, 2.24) is 4.98 Å². The van der Waals surface area contributed by atoms with E-state index in [0.29, 0.717) is 22.1 Å². The van der Waals surface area contributed by atoms with Crippen LogP contribution >= 0.6 is 11.6 Å². The third-order valence-electron chi connectivity index (χ3n) is 3.61. The topological polar surface area (TPSA) is 71.1 Å². The number of benzene rings is 2. The van der Waals surface area contributed by atoms with Gasteiger partial charge >= 0.3 is 0 Å². The molecule has 1 heterocycles. The van der Waals surface area contributed by atoms with Gasteiger partial charge in [-0.05, 0) is 48.5 Å². The second-order valence-corrected chi connectivity index (χ2v) is 6.03. The van der Waals surface area contributed by atoms with E-state index < -0.39 is 5.91 Å². The third-order valence-corrected chi connectivity index (χ3v) is 3.86. The molecular formula is C21H16ClN3O2. The number of hydrogen-bond donors (Lipinski definition) is 2. The van der Waals surface area contributed by atoms with Crippen LogP contribution in [0.2, 0.25) is 5.02 Å². The molecule has 1 aromatic heterocycles. The Labute approximate surface area is 161 Å². The lowest BCUT2D eigenvalue weighted by Crippen LogP contribution is -2.21. The van der Waals surface area contributed by atoms with Crippen LogP contribution in [-0.4, -0.2) is 16.7 Å². The van der Waals surface area contributed by atoms with Gasteiger partial charge in [0, 0.05) is 28.5 Å². The number of anilines is 2. The first kappa shape index (κ1) is 18.4. The summed E-state index contributed by atoms with van der Waals surface area (Å²) in [5.41, 5.74) is 1.22. The van der Waals surface area contributed by atoms with Crippen molar-refractivity contribution >= 4 is 34.8 Å². The number of nitrogens with one attached hydrogen (secondary N) is 2. The number of para-hydroxylation sites is 1. The molecule has 0 radical (unpaired) electrons. The van der Waals surface area contributed by atoms with E-state index in [0.717, 1.165) is 0 Å². The summed E-state index contributed by atoms with van der Waals surface area (Å²) in [6.07, 6.45) is 2.83. The van der Waals surface area contributed by atoms with Crippen LogP contribution in [-0.2, 0) is 4.79 Å². The highest BCUT2D eigenvalue weighted by Crippen LogP contribution is 2.14. The first-order chi connectivity index (χ1) is 13.1. The molecule has 0 aliphatic carbocycles. The molecule has 3 aromatic rings. The zero-order chi connectivity index (χ0) is 19.1. The van der Waals surface area contributed by atoms with Crippen molar-refractivity contribution in [2.75, 3.05) is 10.6 Å². The molecule has 0 fully saturated rings. The maximum Gasteiger partial charge on any atom is 0.273 e. The Bertz CT molecular complexity index is 956. The molecule has 0 bridgehead atoms. The predicted molar refractivity (Wildman–Crippen MR) is 107 cm³/mol. The summed E-state index contributed by atoms with van der Waals surface area (Å²) in [4.78, 5) is 29.3. The van der Waals surface area contributed by atoms with Crippen LogP contribution in [0.3, 0.4) is 0 Å². The third kappa shape index (κ3) is 5.26. The van der Waals surface area contributed by atoms with Gasteiger partial charge in [-0.1, -0.05) is 35.9 Å². The molecule has 1 amide bonds. The number of rotatable bonds is 6. The van der Waals surface area contributed by atoms with Gasteiger partial charge in [0.05, 0.1) is 0 Å². The van der Waals surface area contributed by atoms with Crippen LogP contribution in [0, 0.1) is 0 Å². The Hall–Kier alpha value is -3.44. The van der Waals surface area contributed by atoms with Crippen LogP contribution in [0.15, 0.2) is 90.8 Å². The van der Waals surface area contributed by atoms with E-state index in [2.05, 4.69) is 15.6 Å². The van der Waals surface area contributed by atoms with E-state index in [9.17, 15) is 9.59 Å². The van der Waals surface area contributed by atoms with E-state index in [1.165, 1.54) is 6.08 Å². The van der Waals surface area contributed by atoms with Crippen molar-refractivity contribution in [2.45, 2.75) is 0 Å². The molecule has 134 valence electrons. The molecule has 2 N–H and O–H groups in total. The predicted octanol–water partition coefficient (Wildman–Crippen LogP) is 4.55. The van der Waals surface area contributed by atoms with Gasteiger partial charge in [0.25, 0.3) is 5.91 Å². The smallest absolute Gasteiger partial charge is 0.273 e. The second kappa shape index (κ2) is 8.78. The van der Waals surface area contributed by atoms with Gasteiger partial charge in [0.2, 0.25) is 0 Å². The number of amides is 1. The molecule has 0 saturated heterocycles. The Kier molecular flexibility index (Phi) is 5.97. The number of hydrogen-bond acceptors (Lipinski definition) is 4. The van der Waals surface area contributed by atoms with Crippen molar-refractivity contribution in [1.29, 1.82) is 0 Å². The summed E-state index contributed by atoms with van der Waals surface area (Å²) in [6.45, 7) is 0. The highest BCUT2D eigenvalue weighted by molar-refractivity contribution is 6.30. The molecule has 5 nitrogen and oxygen atoms in total. The van der Waals surface area contributed by atoms with Gasteiger partial charge in [-0.3, -0.25) is 9.59 Å². The van der Waals surface area contributed by atoms with Gasteiger partial charge in [0.1, 0.15) is 11.5 Å². The summed E-state index contributed by atoms with van der Waals surface area (Å²) in [5.74, 6) is -0.400.